The van der Waals surface area contributed by atoms with E-state index in [-0.39, 0.29) is 11.7 Å². The van der Waals surface area contributed by atoms with E-state index in [0.717, 1.165) is 60.9 Å². The van der Waals surface area contributed by atoms with Gasteiger partial charge < -0.3 is 9.47 Å². The first-order valence-corrected chi connectivity index (χ1v) is 12.7. The predicted octanol–water partition coefficient (Wildman–Crippen LogP) is 6.73. The van der Waals surface area contributed by atoms with Crippen molar-refractivity contribution in [2.24, 2.45) is 0 Å². The van der Waals surface area contributed by atoms with Crippen LogP contribution in [0.3, 0.4) is 0 Å². The van der Waals surface area contributed by atoms with Crippen molar-refractivity contribution < 1.29 is 14.3 Å². The summed E-state index contributed by atoms with van der Waals surface area (Å²) in [4.78, 5) is 15.8. The lowest BCUT2D eigenvalue weighted by molar-refractivity contribution is 0.0322. The molecule has 0 atom stereocenters. The van der Waals surface area contributed by atoms with Crippen LogP contribution < -0.4 is 4.74 Å². The zero-order chi connectivity index (χ0) is 24.8. The third-order valence-corrected chi connectivity index (χ3v) is 6.98. The molecule has 1 fully saturated rings. The van der Waals surface area contributed by atoms with E-state index in [2.05, 4.69) is 4.90 Å². The minimum Gasteiger partial charge on any atom is -0.492 e. The summed E-state index contributed by atoms with van der Waals surface area (Å²) in [5.41, 5.74) is 4.74. The van der Waals surface area contributed by atoms with E-state index >= 15 is 0 Å². The Morgan fingerprint density at radius 1 is 0.914 bits per heavy atom. The van der Waals surface area contributed by atoms with E-state index in [9.17, 15) is 4.79 Å². The van der Waals surface area contributed by atoms with E-state index in [1.165, 1.54) is 0 Å². The number of ketones is 1. The van der Waals surface area contributed by atoms with Crippen LogP contribution in [-0.2, 0) is 4.74 Å². The molecule has 3 aromatic carbocycles. The van der Waals surface area contributed by atoms with Gasteiger partial charge in [0.25, 0.3) is 0 Å². The van der Waals surface area contributed by atoms with E-state index in [0.29, 0.717) is 28.6 Å². The number of carbonyl (C=O) groups is 1. The molecule has 4 nitrogen and oxygen atoms in total. The lowest BCUT2D eigenvalue weighted by atomic mass is 9.85. The number of aryl methyl sites for hydroxylation is 2. The molecule has 0 unspecified atom stereocenters. The lowest BCUT2D eigenvalue weighted by Crippen LogP contribution is -2.38. The van der Waals surface area contributed by atoms with Crippen molar-refractivity contribution in [3.63, 3.8) is 0 Å². The molecule has 0 saturated carbocycles. The summed E-state index contributed by atoms with van der Waals surface area (Å²) in [5, 5.41) is 1.34. The molecule has 35 heavy (non-hydrogen) atoms. The van der Waals surface area contributed by atoms with Crippen LogP contribution in [0.1, 0.15) is 45.0 Å². The number of hydrogen-bond acceptors (Lipinski definition) is 4. The number of hydrogen-bond donors (Lipinski definition) is 0. The molecule has 0 N–H and O–H groups in total. The van der Waals surface area contributed by atoms with Gasteiger partial charge in [-0.25, -0.2) is 0 Å². The number of carbonyl (C=O) groups excluding carboxylic acids is 1. The first kappa shape index (κ1) is 25.7. The summed E-state index contributed by atoms with van der Waals surface area (Å²) < 4.78 is 11.5. The third kappa shape index (κ3) is 6.86. The van der Waals surface area contributed by atoms with Crippen molar-refractivity contribution in [1.29, 1.82) is 0 Å². The number of rotatable bonds is 9. The lowest BCUT2D eigenvalue weighted by Gasteiger charge is -2.26. The molecule has 0 bridgehead atoms. The van der Waals surface area contributed by atoms with Crippen LogP contribution in [0.4, 0.5) is 0 Å². The van der Waals surface area contributed by atoms with Crippen LogP contribution in [0.25, 0.3) is 0 Å². The summed E-state index contributed by atoms with van der Waals surface area (Å²) >= 11 is 12.2. The van der Waals surface area contributed by atoms with Gasteiger partial charge in [-0.05, 0) is 72.5 Å². The number of halogens is 2. The maximum atomic E-state index is 13.5. The topological polar surface area (TPSA) is 38.8 Å². The van der Waals surface area contributed by atoms with Gasteiger partial charge in [-0.1, -0.05) is 47.5 Å². The molecule has 3 aromatic rings. The van der Waals surface area contributed by atoms with Gasteiger partial charge in [-0.3, -0.25) is 9.69 Å². The van der Waals surface area contributed by atoms with Crippen LogP contribution in [-0.4, -0.2) is 50.1 Å². The number of ether oxygens (including phenoxy) is 2. The van der Waals surface area contributed by atoms with Crippen molar-refractivity contribution in [1.82, 2.24) is 4.90 Å². The van der Waals surface area contributed by atoms with Crippen LogP contribution in [0, 0.1) is 13.8 Å². The molecule has 4 rings (SSSR count). The Morgan fingerprint density at radius 2 is 1.43 bits per heavy atom. The zero-order valence-electron chi connectivity index (χ0n) is 20.2. The standard InChI is InChI=1S/C29H31Cl2NO3/c1-20-17-24(18-21(2)29(20)35-16-13-32-11-14-34-15-12-32)28(33)19-27(22-3-7-25(30)8-4-22)23-5-9-26(31)10-6-23/h3-10,17-18,27H,11-16,19H2,1-2H3. The molecule has 1 aliphatic rings. The van der Waals surface area contributed by atoms with E-state index < -0.39 is 0 Å². The quantitative estimate of drug-likeness (QED) is 0.298. The van der Waals surface area contributed by atoms with Gasteiger partial charge in [0.15, 0.2) is 5.78 Å². The van der Waals surface area contributed by atoms with Crippen LogP contribution >= 0.6 is 23.2 Å². The first-order chi connectivity index (χ1) is 16.9. The van der Waals surface area contributed by atoms with Crippen molar-refractivity contribution in [2.45, 2.75) is 26.2 Å². The highest BCUT2D eigenvalue weighted by Crippen LogP contribution is 2.32. The Bertz CT molecular complexity index is 1070. The molecule has 1 aliphatic heterocycles. The van der Waals surface area contributed by atoms with E-state index in [4.69, 9.17) is 32.7 Å². The first-order valence-electron chi connectivity index (χ1n) is 12.0. The fourth-order valence-corrected chi connectivity index (χ4v) is 4.81. The molecule has 0 amide bonds. The maximum absolute atomic E-state index is 13.5. The molecule has 184 valence electrons. The van der Waals surface area contributed by atoms with Crippen LogP contribution in [0.15, 0.2) is 60.7 Å². The zero-order valence-corrected chi connectivity index (χ0v) is 21.7. The van der Waals surface area contributed by atoms with Crippen molar-refractivity contribution in [3.05, 3.63) is 98.5 Å². The summed E-state index contributed by atoms with van der Waals surface area (Å²) in [5.74, 6) is 0.856. The van der Waals surface area contributed by atoms with Crippen LogP contribution in [0.2, 0.25) is 10.0 Å². The van der Waals surface area contributed by atoms with Gasteiger partial charge in [-0.2, -0.15) is 0 Å². The van der Waals surface area contributed by atoms with Gasteiger partial charge in [0, 0.05) is 47.6 Å². The predicted molar refractivity (Wildman–Crippen MR) is 142 cm³/mol. The third-order valence-electron chi connectivity index (χ3n) is 6.47. The monoisotopic (exact) mass is 511 g/mol. The average Bonchev–Trinajstić information content (AvgIpc) is 2.86. The molecular weight excluding hydrogens is 481 g/mol. The highest BCUT2D eigenvalue weighted by Gasteiger charge is 2.21. The van der Waals surface area contributed by atoms with E-state index in [1.54, 1.807) is 0 Å². The fraction of sp³-hybridized carbons (Fsp3) is 0.345. The summed E-state index contributed by atoms with van der Waals surface area (Å²) in [6.07, 6.45) is 0.347. The largest absolute Gasteiger partial charge is 0.492 e. The second kappa shape index (κ2) is 12.0. The number of morpholine rings is 1. The van der Waals surface area contributed by atoms with E-state index in [1.807, 2.05) is 74.5 Å². The molecule has 0 radical (unpaired) electrons. The molecule has 6 heteroatoms. The summed E-state index contributed by atoms with van der Waals surface area (Å²) in [6, 6.07) is 19.3. The molecule has 0 spiro atoms. The molecule has 0 aromatic heterocycles. The summed E-state index contributed by atoms with van der Waals surface area (Å²) in [7, 11) is 0. The average molecular weight is 512 g/mol. The number of Topliss-reactive ketones (excluding diaryl/α,β-unsaturated/α-hetero) is 1. The Hall–Kier alpha value is -2.37. The summed E-state index contributed by atoms with van der Waals surface area (Å²) in [6.45, 7) is 8.93. The Balaban J connectivity index is 1.49. The molecular formula is C29H31Cl2NO3. The van der Waals surface area contributed by atoms with Crippen molar-refractivity contribution >= 4 is 29.0 Å². The normalized spacial score (nSPS) is 14.3. The van der Waals surface area contributed by atoms with Gasteiger partial charge in [-0.15, -0.1) is 0 Å². The van der Waals surface area contributed by atoms with Gasteiger partial charge in [0.05, 0.1) is 13.2 Å². The minimum atomic E-state index is -0.0953. The number of benzene rings is 3. The Kier molecular flexibility index (Phi) is 8.85. The SMILES string of the molecule is Cc1cc(C(=O)CC(c2ccc(Cl)cc2)c2ccc(Cl)cc2)cc(C)c1OCCN1CCOCC1. The highest BCUT2D eigenvalue weighted by molar-refractivity contribution is 6.30. The van der Waals surface area contributed by atoms with Gasteiger partial charge in [0.2, 0.25) is 0 Å². The highest BCUT2D eigenvalue weighted by atomic mass is 35.5. The minimum absolute atomic E-state index is 0.0889. The Labute approximate surface area is 217 Å². The number of nitrogens with zero attached hydrogens (tertiary/aromatic N) is 1. The van der Waals surface area contributed by atoms with Crippen molar-refractivity contribution in [3.8, 4) is 5.75 Å². The second-order valence-corrected chi connectivity index (χ2v) is 9.90. The van der Waals surface area contributed by atoms with Crippen LogP contribution in [0.5, 0.6) is 5.75 Å². The molecule has 1 heterocycles. The molecule has 1 saturated heterocycles. The molecule has 0 aliphatic carbocycles. The fourth-order valence-electron chi connectivity index (χ4n) is 4.56. The smallest absolute Gasteiger partial charge is 0.163 e. The van der Waals surface area contributed by atoms with Gasteiger partial charge >= 0.3 is 0 Å². The van der Waals surface area contributed by atoms with Gasteiger partial charge in [0.1, 0.15) is 12.4 Å². The van der Waals surface area contributed by atoms with Crippen molar-refractivity contribution in [2.75, 3.05) is 39.5 Å². The Morgan fingerprint density at radius 3 is 1.94 bits per heavy atom. The maximum Gasteiger partial charge on any atom is 0.163 e. The second-order valence-electron chi connectivity index (χ2n) is 9.02.